The van der Waals surface area contributed by atoms with Crippen molar-refractivity contribution < 1.29 is 4.79 Å². The standard InChI is InChI=1S/C17H25N5O/c1-14-5-9-22(19-14)10-6-17(23)21-8-3-4-16(13-21)12-20-11-7-18-15(20)2/h5,7,9,11,16H,3-4,6,8,10,12-13H2,1-2H3/t16-/m1/s1. The molecule has 1 saturated heterocycles. The summed E-state index contributed by atoms with van der Waals surface area (Å²) in [5.74, 6) is 1.81. The first-order valence-electron chi connectivity index (χ1n) is 8.37. The van der Waals surface area contributed by atoms with Crippen LogP contribution >= 0.6 is 0 Å². The number of imidazole rings is 1. The van der Waals surface area contributed by atoms with Crippen LogP contribution in [0.15, 0.2) is 24.7 Å². The van der Waals surface area contributed by atoms with Crippen LogP contribution in [0.2, 0.25) is 0 Å². The SMILES string of the molecule is Cc1ccn(CCC(=O)N2CCC[C@H](Cn3ccnc3C)C2)n1. The summed E-state index contributed by atoms with van der Waals surface area (Å²) in [7, 11) is 0. The van der Waals surface area contributed by atoms with Gasteiger partial charge in [0.15, 0.2) is 0 Å². The summed E-state index contributed by atoms with van der Waals surface area (Å²) in [5, 5.41) is 4.34. The number of aryl methyl sites for hydroxylation is 3. The molecule has 1 amide bonds. The number of carbonyl (C=O) groups excluding carboxylic acids is 1. The van der Waals surface area contributed by atoms with Gasteiger partial charge in [-0.05, 0) is 38.7 Å². The summed E-state index contributed by atoms with van der Waals surface area (Å²) in [4.78, 5) is 18.8. The van der Waals surface area contributed by atoms with Crippen molar-refractivity contribution in [3.63, 3.8) is 0 Å². The molecule has 0 N–H and O–H groups in total. The van der Waals surface area contributed by atoms with E-state index in [4.69, 9.17) is 0 Å². The molecule has 3 rings (SSSR count). The molecule has 6 heteroatoms. The number of nitrogens with zero attached hydrogens (tertiary/aromatic N) is 5. The maximum Gasteiger partial charge on any atom is 0.224 e. The van der Waals surface area contributed by atoms with E-state index in [0.29, 0.717) is 18.9 Å². The van der Waals surface area contributed by atoms with Gasteiger partial charge in [-0.3, -0.25) is 9.48 Å². The molecule has 23 heavy (non-hydrogen) atoms. The Bertz CT molecular complexity index is 659. The lowest BCUT2D eigenvalue weighted by Gasteiger charge is -2.33. The van der Waals surface area contributed by atoms with Crippen molar-refractivity contribution in [2.45, 2.75) is 46.2 Å². The van der Waals surface area contributed by atoms with Crippen molar-refractivity contribution in [3.8, 4) is 0 Å². The molecule has 1 atom stereocenters. The first kappa shape index (κ1) is 15.8. The molecule has 1 fully saturated rings. The lowest BCUT2D eigenvalue weighted by Crippen LogP contribution is -2.41. The quantitative estimate of drug-likeness (QED) is 0.848. The van der Waals surface area contributed by atoms with Crippen LogP contribution in [0, 0.1) is 19.8 Å². The van der Waals surface area contributed by atoms with Crippen LogP contribution < -0.4 is 0 Å². The van der Waals surface area contributed by atoms with Crippen LogP contribution in [-0.4, -0.2) is 43.2 Å². The number of amides is 1. The Morgan fingerprint density at radius 3 is 2.91 bits per heavy atom. The number of hydrogen-bond acceptors (Lipinski definition) is 3. The van der Waals surface area contributed by atoms with Gasteiger partial charge in [0.05, 0.1) is 5.69 Å². The maximum atomic E-state index is 12.5. The topological polar surface area (TPSA) is 56.0 Å². The molecular weight excluding hydrogens is 290 g/mol. The van der Waals surface area contributed by atoms with Crippen LogP contribution in [0.5, 0.6) is 0 Å². The monoisotopic (exact) mass is 315 g/mol. The van der Waals surface area contributed by atoms with Gasteiger partial charge in [-0.2, -0.15) is 5.10 Å². The number of likely N-dealkylation sites (tertiary alicyclic amines) is 1. The minimum atomic E-state index is 0.241. The van der Waals surface area contributed by atoms with Crippen molar-refractivity contribution in [2.75, 3.05) is 13.1 Å². The Balaban J connectivity index is 1.51. The second kappa shape index (κ2) is 6.98. The van der Waals surface area contributed by atoms with Crippen molar-refractivity contribution in [1.82, 2.24) is 24.2 Å². The Morgan fingerprint density at radius 1 is 1.35 bits per heavy atom. The third-order valence-electron chi connectivity index (χ3n) is 4.58. The normalized spacial score (nSPS) is 18.3. The Labute approximate surface area is 137 Å². The van der Waals surface area contributed by atoms with Gasteiger partial charge in [-0.1, -0.05) is 0 Å². The molecule has 0 aromatic carbocycles. The van der Waals surface area contributed by atoms with E-state index in [1.165, 1.54) is 6.42 Å². The number of aromatic nitrogens is 4. The summed E-state index contributed by atoms with van der Waals surface area (Å²) >= 11 is 0. The Kier molecular flexibility index (Phi) is 4.79. The van der Waals surface area contributed by atoms with Crippen molar-refractivity contribution in [2.24, 2.45) is 5.92 Å². The zero-order valence-electron chi connectivity index (χ0n) is 14.0. The lowest BCUT2D eigenvalue weighted by atomic mass is 9.97. The van der Waals surface area contributed by atoms with Gasteiger partial charge < -0.3 is 9.47 Å². The van der Waals surface area contributed by atoms with Crippen molar-refractivity contribution >= 4 is 5.91 Å². The van der Waals surface area contributed by atoms with Crippen LogP contribution in [0.4, 0.5) is 0 Å². The third-order valence-corrected chi connectivity index (χ3v) is 4.58. The molecule has 1 aliphatic rings. The summed E-state index contributed by atoms with van der Waals surface area (Å²) < 4.78 is 4.04. The highest BCUT2D eigenvalue weighted by molar-refractivity contribution is 5.76. The fourth-order valence-electron chi connectivity index (χ4n) is 3.27. The number of carbonyl (C=O) groups is 1. The summed E-state index contributed by atoms with van der Waals surface area (Å²) in [6.07, 6.45) is 8.59. The zero-order chi connectivity index (χ0) is 16.2. The van der Waals surface area contributed by atoms with E-state index in [2.05, 4.69) is 14.6 Å². The smallest absolute Gasteiger partial charge is 0.224 e. The molecule has 1 aliphatic heterocycles. The zero-order valence-corrected chi connectivity index (χ0v) is 14.0. The van der Waals surface area contributed by atoms with Crippen LogP contribution in [0.25, 0.3) is 0 Å². The van der Waals surface area contributed by atoms with E-state index in [0.717, 1.165) is 37.6 Å². The van der Waals surface area contributed by atoms with Gasteiger partial charge in [-0.15, -0.1) is 0 Å². The molecule has 0 unspecified atom stereocenters. The van der Waals surface area contributed by atoms with Gasteiger partial charge in [0.25, 0.3) is 0 Å². The number of hydrogen-bond donors (Lipinski definition) is 0. The second-order valence-electron chi connectivity index (χ2n) is 6.45. The molecule has 3 heterocycles. The summed E-state index contributed by atoms with van der Waals surface area (Å²) in [5.41, 5.74) is 0.992. The first-order chi connectivity index (χ1) is 11.1. The van der Waals surface area contributed by atoms with E-state index < -0.39 is 0 Å². The summed E-state index contributed by atoms with van der Waals surface area (Å²) in [6, 6.07) is 1.97. The van der Waals surface area contributed by atoms with E-state index in [9.17, 15) is 4.79 Å². The minimum absolute atomic E-state index is 0.241. The lowest BCUT2D eigenvalue weighted by molar-refractivity contribution is -0.133. The van der Waals surface area contributed by atoms with Gasteiger partial charge in [0.1, 0.15) is 5.82 Å². The van der Waals surface area contributed by atoms with Crippen molar-refractivity contribution in [3.05, 3.63) is 36.2 Å². The molecule has 0 bridgehead atoms. The Morgan fingerprint density at radius 2 is 2.22 bits per heavy atom. The highest BCUT2D eigenvalue weighted by Crippen LogP contribution is 2.19. The molecule has 2 aromatic rings. The second-order valence-corrected chi connectivity index (χ2v) is 6.45. The highest BCUT2D eigenvalue weighted by Gasteiger charge is 2.24. The average molecular weight is 315 g/mol. The van der Waals surface area contributed by atoms with Gasteiger partial charge in [0, 0.05) is 51.2 Å². The summed E-state index contributed by atoms with van der Waals surface area (Å²) in [6.45, 7) is 7.34. The fraction of sp³-hybridized carbons (Fsp3) is 0.588. The van der Waals surface area contributed by atoms with Gasteiger partial charge in [-0.25, -0.2) is 4.98 Å². The van der Waals surface area contributed by atoms with E-state index >= 15 is 0 Å². The molecular formula is C17H25N5O. The van der Waals surface area contributed by atoms with Crippen LogP contribution in [0.3, 0.4) is 0 Å². The number of piperidine rings is 1. The van der Waals surface area contributed by atoms with E-state index in [1.54, 1.807) is 0 Å². The van der Waals surface area contributed by atoms with Gasteiger partial charge >= 0.3 is 0 Å². The van der Waals surface area contributed by atoms with Crippen LogP contribution in [-0.2, 0) is 17.9 Å². The van der Waals surface area contributed by atoms with Crippen molar-refractivity contribution in [1.29, 1.82) is 0 Å². The molecule has 0 spiro atoms. The molecule has 2 aromatic heterocycles. The van der Waals surface area contributed by atoms with E-state index in [1.807, 2.05) is 48.1 Å². The van der Waals surface area contributed by atoms with E-state index in [-0.39, 0.29) is 5.91 Å². The maximum absolute atomic E-state index is 12.5. The molecule has 0 saturated carbocycles. The predicted octanol–water partition coefficient (Wildman–Crippen LogP) is 2.03. The average Bonchev–Trinajstić information content (AvgIpc) is 3.14. The third kappa shape index (κ3) is 4.00. The molecule has 0 radical (unpaired) electrons. The molecule has 0 aliphatic carbocycles. The number of rotatable bonds is 5. The highest BCUT2D eigenvalue weighted by atomic mass is 16.2. The Hall–Kier alpha value is -2.11. The largest absolute Gasteiger partial charge is 0.342 e. The molecule has 124 valence electrons. The fourth-order valence-corrected chi connectivity index (χ4v) is 3.27. The molecule has 6 nitrogen and oxygen atoms in total. The first-order valence-corrected chi connectivity index (χ1v) is 8.37. The van der Waals surface area contributed by atoms with Gasteiger partial charge in [0.2, 0.25) is 5.91 Å². The predicted molar refractivity (Wildman–Crippen MR) is 87.8 cm³/mol. The minimum Gasteiger partial charge on any atom is -0.342 e. The van der Waals surface area contributed by atoms with Crippen LogP contribution in [0.1, 0.15) is 30.8 Å².